The second kappa shape index (κ2) is 10.7. The Balaban J connectivity index is 1.77. The summed E-state index contributed by atoms with van der Waals surface area (Å²) in [5, 5.41) is 10.2. The van der Waals surface area contributed by atoms with Crippen LogP contribution in [0, 0.1) is 12.8 Å². The van der Waals surface area contributed by atoms with Gasteiger partial charge >= 0.3 is 0 Å². The summed E-state index contributed by atoms with van der Waals surface area (Å²) in [5.74, 6) is 1.55. The van der Waals surface area contributed by atoms with E-state index in [4.69, 9.17) is 4.74 Å². The van der Waals surface area contributed by atoms with Crippen LogP contribution in [0.1, 0.15) is 31.0 Å². The van der Waals surface area contributed by atoms with Crippen molar-refractivity contribution in [2.75, 3.05) is 46.4 Å². The molecular weight excluding hydrogens is 334 g/mol. The van der Waals surface area contributed by atoms with E-state index in [0.717, 1.165) is 62.5 Å². The van der Waals surface area contributed by atoms with Gasteiger partial charge in [0.1, 0.15) is 0 Å². The van der Waals surface area contributed by atoms with Gasteiger partial charge in [0.05, 0.1) is 23.9 Å². The fourth-order valence-corrected chi connectivity index (χ4v) is 3.76. The van der Waals surface area contributed by atoms with Crippen LogP contribution in [0.2, 0.25) is 0 Å². The van der Waals surface area contributed by atoms with E-state index < -0.39 is 0 Å². The average Bonchev–Trinajstić information content (AvgIpc) is 3.02. The minimum atomic E-state index is 0.517. The Morgan fingerprint density at radius 1 is 1.36 bits per heavy atom. The molecule has 1 aromatic rings. The number of aryl methyl sites for hydroxylation is 1. The Morgan fingerprint density at radius 2 is 2.12 bits per heavy atom. The van der Waals surface area contributed by atoms with Crippen molar-refractivity contribution in [3.05, 3.63) is 16.1 Å². The number of thiazole rings is 1. The first-order valence-corrected chi connectivity index (χ1v) is 10.1. The number of ether oxygens (including phenoxy) is 1. The molecule has 0 aromatic carbocycles. The highest BCUT2D eigenvalue weighted by Crippen LogP contribution is 2.13. The molecule has 2 N–H and O–H groups in total. The molecule has 2 rings (SSSR count). The Bertz CT molecular complexity index is 525. The number of hydrogen-bond donors (Lipinski definition) is 2. The monoisotopic (exact) mass is 367 g/mol. The molecule has 1 unspecified atom stereocenters. The van der Waals surface area contributed by atoms with Crippen LogP contribution in [-0.4, -0.2) is 68.3 Å². The van der Waals surface area contributed by atoms with Crippen molar-refractivity contribution in [1.29, 1.82) is 0 Å². The number of morpholine rings is 1. The third-order valence-corrected chi connectivity index (χ3v) is 5.20. The molecule has 1 atom stereocenters. The minimum Gasteiger partial charge on any atom is -0.379 e. The van der Waals surface area contributed by atoms with E-state index in [1.54, 1.807) is 11.3 Å². The number of aliphatic imine (C=N–C) groups is 1. The first kappa shape index (κ1) is 20.1. The maximum atomic E-state index is 5.50. The molecule has 1 fully saturated rings. The first-order valence-electron chi connectivity index (χ1n) is 9.25. The molecule has 142 valence electrons. The quantitative estimate of drug-likeness (QED) is 0.543. The summed E-state index contributed by atoms with van der Waals surface area (Å²) in [6.07, 6.45) is 2.10. The molecule has 0 bridgehead atoms. The first-order chi connectivity index (χ1) is 12.1. The Kier molecular flexibility index (Phi) is 8.64. The van der Waals surface area contributed by atoms with E-state index in [0.29, 0.717) is 12.0 Å². The largest absolute Gasteiger partial charge is 0.379 e. The molecule has 0 amide bonds. The van der Waals surface area contributed by atoms with Crippen LogP contribution in [0.3, 0.4) is 0 Å². The number of aromatic nitrogens is 1. The third kappa shape index (κ3) is 7.30. The lowest BCUT2D eigenvalue weighted by molar-refractivity contribution is 0.0132. The van der Waals surface area contributed by atoms with Crippen molar-refractivity contribution < 1.29 is 4.74 Å². The normalized spacial score (nSPS) is 17.7. The Hall–Kier alpha value is -1.18. The van der Waals surface area contributed by atoms with Gasteiger partial charge < -0.3 is 15.4 Å². The number of nitrogens with one attached hydrogen (secondary N) is 2. The molecule has 0 radical (unpaired) electrons. The van der Waals surface area contributed by atoms with E-state index in [1.165, 1.54) is 6.42 Å². The van der Waals surface area contributed by atoms with Gasteiger partial charge in [-0.3, -0.25) is 9.89 Å². The zero-order chi connectivity index (χ0) is 18.1. The highest BCUT2D eigenvalue weighted by molar-refractivity contribution is 7.09. The van der Waals surface area contributed by atoms with Crippen molar-refractivity contribution in [3.8, 4) is 0 Å². The summed E-state index contributed by atoms with van der Waals surface area (Å²) in [6, 6.07) is 0.517. The Morgan fingerprint density at radius 3 is 2.72 bits per heavy atom. The average molecular weight is 368 g/mol. The van der Waals surface area contributed by atoms with E-state index >= 15 is 0 Å². The van der Waals surface area contributed by atoms with E-state index in [9.17, 15) is 0 Å². The summed E-state index contributed by atoms with van der Waals surface area (Å²) < 4.78 is 5.50. The fraction of sp³-hybridized carbons (Fsp3) is 0.778. The van der Waals surface area contributed by atoms with E-state index in [1.807, 2.05) is 14.0 Å². The fourth-order valence-electron chi connectivity index (χ4n) is 3.12. The summed E-state index contributed by atoms with van der Waals surface area (Å²) in [6.45, 7) is 12.1. The predicted octanol–water partition coefficient (Wildman–Crippen LogP) is 1.91. The highest BCUT2D eigenvalue weighted by atomic mass is 32.1. The van der Waals surface area contributed by atoms with Crippen LogP contribution in [-0.2, 0) is 11.2 Å². The molecule has 7 heteroatoms. The molecule has 0 aliphatic carbocycles. The summed E-state index contributed by atoms with van der Waals surface area (Å²) in [4.78, 5) is 11.4. The molecule has 1 saturated heterocycles. The SMILES string of the molecule is CN=C(NCCc1csc(C)n1)NCC(CC(C)C)N1CCOCC1. The van der Waals surface area contributed by atoms with Gasteiger partial charge in [0, 0.05) is 51.1 Å². The zero-order valence-electron chi connectivity index (χ0n) is 16.0. The molecule has 1 aliphatic heterocycles. The molecule has 0 spiro atoms. The topological polar surface area (TPSA) is 61.8 Å². The van der Waals surface area contributed by atoms with Gasteiger partial charge in [0.15, 0.2) is 5.96 Å². The lowest BCUT2D eigenvalue weighted by Crippen LogP contribution is -2.51. The van der Waals surface area contributed by atoms with Gasteiger partial charge in [0.25, 0.3) is 0 Å². The third-order valence-electron chi connectivity index (χ3n) is 4.37. The summed E-state index contributed by atoms with van der Waals surface area (Å²) in [5.41, 5.74) is 1.15. The van der Waals surface area contributed by atoms with Crippen LogP contribution in [0.4, 0.5) is 0 Å². The lowest BCUT2D eigenvalue weighted by atomic mass is 10.0. The standard InChI is InChI=1S/C18H33N5OS/c1-14(2)11-17(23-7-9-24-10-8-23)12-21-18(19-4)20-6-5-16-13-25-15(3)22-16/h13-14,17H,5-12H2,1-4H3,(H2,19,20,21). The second-order valence-corrected chi connectivity index (χ2v) is 7.98. The molecule has 25 heavy (non-hydrogen) atoms. The van der Waals surface area contributed by atoms with Crippen molar-refractivity contribution in [2.24, 2.45) is 10.9 Å². The molecule has 1 aromatic heterocycles. The minimum absolute atomic E-state index is 0.517. The molecule has 6 nitrogen and oxygen atoms in total. The molecule has 0 saturated carbocycles. The molecular formula is C18H33N5OS. The zero-order valence-corrected chi connectivity index (χ0v) is 16.9. The lowest BCUT2D eigenvalue weighted by Gasteiger charge is -2.35. The van der Waals surface area contributed by atoms with Gasteiger partial charge in [0.2, 0.25) is 0 Å². The predicted molar refractivity (Wildman–Crippen MR) is 106 cm³/mol. The van der Waals surface area contributed by atoms with Gasteiger partial charge in [-0.15, -0.1) is 11.3 Å². The maximum absolute atomic E-state index is 5.50. The second-order valence-electron chi connectivity index (χ2n) is 6.92. The van der Waals surface area contributed by atoms with Gasteiger partial charge in [-0.1, -0.05) is 13.8 Å². The number of rotatable bonds is 8. The van der Waals surface area contributed by atoms with E-state index in [2.05, 4.69) is 44.7 Å². The summed E-state index contributed by atoms with van der Waals surface area (Å²) in [7, 11) is 1.83. The van der Waals surface area contributed by atoms with Crippen molar-refractivity contribution in [3.63, 3.8) is 0 Å². The number of hydrogen-bond acceptors (Lipinski definition) is 5. The van der Waals surface area contributed by atoms with Crippen molar-refractivity contribution in [1.82, 2.24) is 20.5 Å². The van der Waals surface area contributed by atoms with E-state index in [-0.39, 0.29) is 0 Å². The molecule has 1 aliphatic rings. The van der Waals surface area contributed by atoms with Crippen molar-refractivity contribution >= 4 is 17.3 Å². The summed E-state index contributed by atoms with van der Waals surface area (Å²) >= 11 is 1.70. The van der Waals surface area contributed by atoms with Crippen LogP contribution < -0.4 is 10.6 Å². The highest BCUT2D eigenvalue weighted by Gasteiger charge is 2.22. The van der Waals surface area contributed by atoms with Gasteiger partial charge in [-0.25, -0.2) is 4.98 Å². The van der Waals surface area contributed by atoms with Gasteiger partial charge in [-0.2, -0.15) is 0 Å². The smallest absolute Gasteiger partial charge is 0.191 e. The van der Waals surface area contributed by atoms with Crippen LogP contribution >= 0.6 is 11.3 Å². The van der Waals surface area contributed by atoms with Gasteiger partial charge in [-0.05, 0) is 19.3 Å². The van der Waals surface area contributed by atoms with Crippen LogP contribution in [0.25, 0.3) is 0 Å². The van der Waals surface area contributed by atoms with Crippen LogP contribution in [0.15, 0.2) is 10.4 Å². The number of guanidine groups is 1. The Labute approximate surface area is 156 Å². The number of nitrogens with zero attached hydrogens (tertiary/aromatic N) is 3. The van der Waals surface area contributed by atoms with Crippen LogP contribution in [0.5, 0.6) is 0 Å². The maximum Gasteiger partial charge on any atom is 0.191 e. The molecule has 2 heterocycles. The van der Waals surface area contributed by atoms with Crippen molar-refractivity contribution in [2.45, 2.75) is 39.7 Å².